The van der Waals surface area contributed by atoms with Gasteiger partial charge >= 0.3 is 0 Å². The summed E-state index contributed by atoms with van der Waals surface area (Å²) in [5, 5.41) is 10.4. The largest absolute Gasteiger partial charge is 0.483 e. The predicted molar refractivity (Wildman–Crippen MR) is 126 cm³/mol. The summed E-state index contributed by atoms with van der Waals surface area (Å²) in [6, 6.07) is 7.42. The zero-order valence-corrected chi connectivity index (χ0v) is 20.1. The molecule has 2 amide bonds. The highest BCUT2D eigenvalue weighted by Gasteiger charge is 2.17. The van der Waals surface area contributed by atoms with E-state index in [-0.39, 0.29) is 30.9 Å². The molecule has 2 N–H and O–H groups in total. The van der Waals surface area contributed by atoms with Gasteiger partial charge in [0.25, 0.3) is 5.91 Å². The van der Waals surface area contributed by atoms with Crippen molar-refractivity contribution in [1.29, 1.82) is 0 Å². The Morgan fingerprint density at radius 1 is 1.21 bits per heavy atom. The van der Waals surface area contributed by atoms with Crippen LogP contribution in [0.15, 0.2) is 24.3 Å². The molecule has 0 saturated carbocycles. The van der Waals surface area contributed by atoms with E-state index in [2.05, 4.69) is 29.6 Å². The molecule has 1 aromatic heterocycles. The molecule has 8 nitrogen and oxygen atoms in total. The van der Waals surface area contributed by atoms with Crippen molar-refractivity contribution in [1.82, 2.24) is 20.4 Å². The van der Waals surface area contributed by atoms with Crippen LogP contribution in [0.2, 0.25) is 0 Å². The standard InChI is InChI=1S/C25H36N4O4/c1-17(2)15-29-19(4)22(18(3)28-29)12-24(30)26-13-20-8-5-6-10-23(20)33-16-25(31)27-14-21-9-7-11-32-21/h5-6,8,10,17,21H,7,9,11-16H2,1-4H3,(H,26,30)(H,27,31). The number of carbonyl (C=O) groups is 2. The Morgan fingerprint density at radius 2 is 2.00 bits per heavy atom. The van der Waals surface area contributed by atoms with Gasteiger partial charge in [-0.25, -0.2) is 0 Å². The van der Waals surface area contributed by atoms with E-state index in [1.54, 1.807) is 6.07 Å². The van der Waals surface area contributed by atoms with Gasteiger partial charge in [-0.3, -0.25) is 14.3 Å². The molecule has 1 atom stereocenters. The Morgan fingerprint density at radius 3 is 2.73 bits per heavy atom. The Balaban J connectivity index is 1.50. The molecule has 1 saturated heterocycles. The Labute approximate surface area is 196 Å². The number of carbonyl (C=O) groups excluding carboxylic acids is 2. The highest BCUT2D eigenvalue weighted by Crippen LogP contribution is 2.19. The first-order valence-electron chi connectivity index (χ1n) is 11.7. The van der Waals surface area contributed by atoms with Gasteiger partial charge in [0, 0.05) is 43.1 Å². The highest BCUT2D eigenvalue weighted by atomic mass is 16.5. The molecule has 33 heavy (non-hydrogen) atoms. The lowest BCUT2D eigenvalue weighted by molar-refractivity contribution is -0.123. The molecule has 8 heteroatoms. The molecular weight excluding hydrogens is 420 g/mol. The molecule has 3 rings (SSSR count). The third-order valence-corrected chi connectivity index (χ3v) is 5.77. The zero-order valence-electron chi connectivity index (χ0n) is 20.1. The van der Waals surface area contributed by atoms with Gasteiger partial charge in [0.05, 0.1) is 18.2 Å². The van der Waals surface area contributed by atoms with Gasteiger partial charge in [-0.1, -0.05) is 32.0 Å². The number of amides is 2. The third-order valence-electron chi connectivity index (χ3n) is 5.77. The summed E-state index contributed by atoms with van der Waals surface area (Å²) in [6.07, 6.45) is 2.39. The SMILES string of the molecule is Cc1nn(CC(C)C)c(C)c1CC(=O)NCc1ccccc1OCC(=O)NCC1CCCO1. The number of aryl methyl sites for hydroxylation is 1. The molecule has 180 valence electrons. The van der Waals surface area contributed by atoms with Crippen LogP contribution in [0, 0.1) is 19.8 Å². The average molecular weight is 457 g/mol. The maximum atomic E-state index is 12.6. The topological polar surface area (TPSA) is 94.5 Å². The van der Waals surface area contributed by atoms with Crippen LogP contribution in [0.4, 0.5) is 0 Å². The van der Waals surface area contributed by atoms with Crippen LogP contribution in [0.25, 0.3) is 0 Å². The normalized spacial score (nSPS) is 15.6. The van der Waals surface area contributed by atoms with E-state index in [1.165, 1.54) is 0 Å². The summed E-state index contributed by atoms with van der Waals surface area (Å²) >= 11 is 0. The van der Waals surface area contributed by atoms with Crippen LogP contribution in [0.1, 0.15) is 49.2 Å². The number of nitrogens with zero attached hydrogens (tertiary/aromatic N) is 2. The van der Waals surface area contributed by atoms with Crippen molar-refractivity contribution < 1.29 is 19.1 Å². The lowest BCUT2D eigenvalue weighted by Crippen LogP contribution is -2.35. The van der Waals surface area contributed by atoms with Gasteiger partial charge < -0.3 is 20.1 Å². The van der Waals surface area contributed by atoms with E-state index in [0.29, 0.717) is 24.8 Å². The molecule has 0 radical (unpaired) electrons. The van der Waals surface area contributed by atoms with Crippen molar-refractivity contribution in [3.8, 4) is 5.75 Å². The quantitative estimate of drug-likeness (QED) is 0.542. The summed E-state index contributed by atoms with van der Waals surface area (Å²) in [5.74, 6) is 0.810. The van der Waals surface area contributed by atoms with E-state index in [9.17, 15) is 9.59 Å². The van der Waals surface area contributed by atoms with Crippen molar-refractivity contribution in [3.63, 3.8) is 0 Å². The number of nitrogens with one attached hydrogen (secondary N) is 2. The first-order valence-corrected chi connectivity index (χ1v) is 11.7. The van der Waals surface area contributed by atoms with Gasteiger partial charge in [0.2, 0.25) is 5.91 Å². The van der Waals surface area contributed by atoms with E-state index >= 15 is 0 Å². The molecule has 2 heterocycles. The van der Waals surface area contributed by atoms with Crippen molar-refractivity contribution in [3.05, 3.63) is 46.8 Å². The minimum atomic E-state index is -0.186. The molecule has 2 aromatic rings. The number of hydrogen-bond acceptors (Lipinski definition) is 5. The molecule has 1 aliphatic heterocycles. The maximum Gasteiger partial charge on any atom is 0.258 e. The molecule has 0 aliphatic carbocycles. The number of aromatic nitrogens is 2. The fourth-order valence-electron chi connectivity index (χ4n) is 3.95. The number of rotatable bonds is 11. The van der Waals surface area contributed by atoms with Gasteiger partial charge in [0.15, 0.2) is 6.61 Å². The number of benzene rings is 1. The summed E-state index contributed by atoms with van der Waals surface area (Å²) in [5.41, 5.74) is 3.72. The molecule has 0 bridgehead atoms. The van der Waals surface area contributed by atoms with Gasteiger partial charge in [-0.15, -0.1) is 0 Å². The smallest absolute Gasteiger partial charge is 0.258 e. The molecule has 1 fully saturated rings. The van der Waals surface area contributed by atoms with E-state index < -0.39 is 0 Å². The van der Waals surface area contributed by atoms with E-state index in [0.717, 1.165) is 48.5 Å². The van der Waals surface area contributed by atoms with Gasteiger partial charge in [-0.05, 0) is 38.7 Å². The Kier molecular flexibility index (Phi) is 8.88. The lowest BCUT2D eigenvalue weighted by atomic mass is 10.1. The Bertz CT molecular complexity index is 948. The van der Waals surface area contributed by atoms with Crippen molar-refractivity contribution in [2.45, 2.75) is 66.2 Å². The van der Waals surface area contributed by atoms with Gasteiger partial charge in [-0.2, -0.15) is 5.10 Å². The highest BCUT2D eigenvalue weighted by molar-refractivity contribution is 5.79. The number of para-hydroxylation sites is 1. The van der Waals surface area contributed by atoms with Crippen molar-refractivity contribution in [2.24, 2.45) is 5.92 Å². The van der Waals surface area contributed by atoms with Crippen LogP contribution >= 0.6 is 0 Å². The third kappa shape index (κ3) is 7.32. The van der Waals surface area contributed by atoms with E-state index in [1.807, 2.05) is 36.7 Å². The van der Waals surface area contributed by atoms with Crippen LogP contribution in [-0.2, 0) is 33.8 Å². The van der Waals surface area contributed by atoms with Gasteiger partial charge in [0.1, 0.15) is 5.75 Å². The minimum Gasteiger partial charge on any atom is -0.483 e. The minimum absolute atomic E-state index is 0.0746. The number of ether oxygens (including phenoxy) is 2. The second-order valence-electron chi connectivity index (χ2n) is 9.01. The van der Waals surface area contributed by atoms with Crippen LogP contribution < -0.4 is 15.4 Å². The summed E-state index contributed by atoms with van der Waals surface area (Å²) in [7, 11) is 0. The molecule has 1 unspecified atom stereocenters. The molecule has 1 aliphatic rings. The summed E-state index contributed by atoms with van der Waals surface area (Å²) < 4.78 is 13.2. The fraction of sp³-hybridized carbons (Fsp3) is 0.560. The fourth-order valence-corrected chi connectivity index (χ4v) is 3.95. The van der Waals surface area contributed by atoms with Crippen molar-refractivity contribution in [2.75, 3.05) is 19.8 Å². The summed E-state index contributed by atoms with van der Waals surface area (Å²) in [6.45, 7) is 10.6. The first kappa shape index (κ1) is 24.8. The second kappa shape index (κ2) is 11.8. The van der Waals surface area contributed by atoms with Crippen molar-refractivity contribution >= 4 is 11.8 Å². The predicted octanol–water partition coefficient (Wildman–Crippen LogP) is 2.69. The maximum absolute atomic E-state index is 12.6. The molecular formula is C25H36N4O4. The van der Waals surface area contributed by atoms with Crippen LogP contribution in [-0.4, -0.2) is 47.5 Å². The monoisotopic (exact) mass is 456 g/mol. The first-order chi connectivity index (χ1) is 15.8. The zero-order chi connectivity index (χ0) is 23.8. The van der Waals surface area contributed by atoms with Crippen LogP contribution in [0.5, 0.6) is 5.75 Å². The summed E-state index contributed by atoms with van der Waals surface area (Å²) in [4.78, 5) is 24.8. The second-order valence-corrected chi connectivity index (χ2v) is 9.01. The lowest BCUT2D eigenvalue weighted by Gasteiger charge is -2.14. The Hall–Kier alpha value is -2.87. The molecule has 0 spiro atoms. The average Bonchev–Trinajstić information content (AvgIpc) is 3.39. The molecule has 1 aromatic carbocycles. The van der Waals surface area contributed by atoms with E-state index in [4.69, 9.17) is 9.47 Å². The number of hydrogen-bond donors (Lipinski definition) is 2. The van der Waals surface area contributed by atoms with Crippen LogP contribution in [0.3, 0.4) is 0 Å².